The second-order valence-corrected chi connectivity index (χ2v) is 6.08. The molecular formula is C17H18N2O2. The minimum Gasteiger partial charge on any atom is -0.326 e. The van der Waals surface area contributed by atoms with Crippen LogP contribution in [-0.4, -0.2) is 11.7 Å². The fraction of sp³-hybridized carbons (Fsp3) is 0.471. The van der Waals surface area contributed by atoms with E-state index in [0.29, 0.717) is 29.9 Å². The van der Waals surface area contributed by atoms with Crippen molar-refractivity contribution in [1.29, 1.82) is 5.26 Å². The Balaban J connectivity index is 1.68. The van der Waals surface area contributed by atoms with Crippen LogP contribution >= 0.6 is 0 Å². The first-order chi connectivity index (χ1) is 10.2. The van der Waals surface area contributed by atoms with Crippen LogP contribution in [-0.2, 0) is 9.59 Å². The summed E-state index contributed by atoms with van der Waals surface area (Å²) in [7, 11) is 0. The molecule has 1 aromatic carbocycles. The lowest BCUT2D eigenvalue weighted by Crippen LogP contribution is -2.40. The van der Waals surface area contributed by atoms with Crippen LogP contribution in [0.2, 0.25) is 0 Å². The van der Waals surface area contributed by atoms with E-state index in [4.69, 9.17) is 5.26 Å². The van der Waals surface area contributed by atoms with Gasteiger partial charge in [-0.3, -0.25) is 9.59 Å². The van der Waals surface area contributed by atoms with E-state index in [2.05, 4.69) is 11.4 Å². The van der Waals surface area contributed by atoms with Crippen molar-refractivity contribution in [2.24, 2.45) is 17.8 Å². The second-order valence-electron chi connectivity index (χ2n) is 6.08. The highest BCUT2D eigenvalue weighted by Gasteiger charge is 2.41. The number of nitrogens with zero attached hydrogens (tertiary/aromatic N) is 1. The number of nitriles is 1. The fourth-order valence-electron chi connectivity index (χ4n) is 3.60. The monoisotopic (exact) mass is 282 g/mol. The molecule has 1 N–H and O–H groups in total. The van der Waals surface area contributed by atoms with Gasteiger partial charge in [0.2, 0.25) is 5.91 Å². The standard InChI is InChI=1S/C17H18N2O2/c18-10-11-3-1-6-15(7-11)19-17(21)14-8-12-4-2-5-13(9-14)16(12)20/h1,3,6-7,12-14H,2,4-5,8-9H2,(H,19,21)/t12-,13+,14?. The van der Waals surface area contributed by atoms with Gasteiger partial charge in [-0.05, 0) is 43.9 Å². The maximum atomic E-state index is 12.4. The number of hydrogen-bond acceptors (Lipinski definition) is 3. The molecule has 3 atom stereocenters. The van der Waals surface area contributed by atoms with Gasteiger partial charge < -0.3 is 5.32 Å². The SMILES string of the molecule is N#Cc1cccc(NC(=O)C2C[C@H]3CCC[C@@H](C2)C3=O)c1. The number of carbonyl (C=O) groups excluding carboxylic acids is 2. The molecule has 2 bridgehead atoms. The molecule has 1 unspecified atom stereocenters. The van der Waals surface area contributed by atoms with Gasteiger partial charge >= 0.3 is 0 Å². The number of fused-ring (bicyclic) bond motifs is 2. The molecular weight excluding hydrogens is 264 g/mol. The van der Waals surface area contributed by atoms with E-state index in [-0.39, 0.29) is 23.7 Å². The Morgan fingerprint density at radius 3 is 2.62 bits per heavy atom. The van der Waals surface area contributed by atoms with Crippen LogP contribution in [0.1, 0.15) is 37.7 Å². The Labute approximate surface area is 124 Å². The maximum Gasteiger partial charge on any atom is 0.227 e. The third kappa shape index (κ3) is 2.82. The highest BCUT2D eigenvalue weighted by Crippen LogP contribution is 2.40. The number of anilines is 1. The van der Waals surface area contributed by atoms with Gasteiger partial charge in [0, 0.05) is 23.4 Å². The van der Waals surface area contributed by atoms with E-state index >= 15 is 0 Å². The molecule has 2 saturated carbocycles. The fourth-order valence-corrected chi connectivity index (χ4v) is 3.60. The molecule has 0 radical (unpaired) electrons. The summed E-state index contributed by atoms with van der Waals surface area (Å²) < 4.78 is 0. The van der Waals surface area contributed by atoms with Crippen LogP contribution in [0.15, 0.2) is 24.3 Å². The number of carbonyl (C=O) groups is 2. The molecule has 2 fully saturated rings. The molecule has 2 aliphatic rings. The van der Waals surface area contributed by atoms with Gasteiger partial charge in [-0.25, -0.2) is 0 Å². The summed E-state index contributed by atoms with van der Waals surface area (Å²) in [5.41, 5.74) is 1.18. The summed E-state index contributed by atoms with van der Waals surface area (Å²) in [4.78, 5) is 24.4. The zero-order chi connectivity index (χ0) is 14.8. The van der Waals surface area contributed by atoms with Gasteiger partial charge in [-0.2, -0.15) is 5.26 Å². The van der Waals surface area contributed by atoms with Gasteiger partial charge in [-0.15, -0.1) is 0 Å². The molecule has 0 spiro atoms. The average molecular weight is 282 g/mol. The molecule has 108 valence electrons. The van der Waals surface area contributed by atoms with Crippen LogP contribution in [0.4, 0.5) is 5.69 Å². The smallest absolute Gasteiger partial charge is 0.227 e. The Bertz CT molecular complexity index is 601. The predicted molar refractivity (Wildman–Crippen MR) is 78.3 cm³/mol. The summed E-state index contributed by atoms with van der Waals surface area (Å²) in [6, 6.07) is 8.99. The lowest BCUT2D eigenvalue weighted by Gasteiger charge is -2.36. The first kappa shape index (κ1) is 13.8. The van der Waals surface area contributed by atoms with E-state index in [9.17, 15) is 9.59 Å². The minimum atomic E-state index is -0.0799. The second kappa shape index (κ2) is 5.69. The summed E-state index contributed by atoms with van der Waals surface area (Å²) in [6.45, 7) is 0. The Hall–Kier alpha value is -2.15. The topological polar surface area (TPSA) is 70.0 Å². The quantitative estimate of drug-likeness (QED) is 0.906. The van der Waals surface area contributed by atoms with Crippen molar-refractivity contribution in [3.05, 3.63) is 29.8 Å². The largest absolute Gasteiger partial charge is 0.326 e. The van der Waals surface area contributed by atoms with E-state index in [1.54, 1.807) is 24.3 Å². The van der Waals surface area contributed by atoms with Gasteiger partial charge in [0.1, 0.15) is 5.78 Å². The first-order valence-corrected chi connectivity index (χ1v) is 7.52. The van der Waals surface area contributed by atoms with Crippen molar-refractivity contribution < 1.29 is 9.59 Å². The molecule has 0 aliphatic heterocycles. The summed E-state index contributed by atoms with van der Waals surface area (Å²) in [5.74, 6) is 0.437. The molecule has 0 aromatic heterocycles. The molecule has 4 heteroatoms. The summed E-state index contributed by atoms with van der Waals surface area (Å²) >= 11 is 0. The van der Waals surface area contributed by atoms with Crippen molar-refractivity contribution >= 4 is 17.4 Å². The maximum absolute atomic E-state index is 12.4. The number of amides is 1. The van der Waals surface area contributed by atoms with Crippen molar-refractivity contribution in [3.63, 3.8) is 0 Å². The Kier molecular flexibility index (Phi) is 3.74. The molecule has 0 saturated heterocycles. The third-order valence-corrected chi connectivity index (χ3v) is 4.68. The number of rotatable bonds is 2. The molecule has 21 heavy (non-hydrogen) atoms. The normalized spacial score (nSPS) is 27.8. The van der Waals surface area contributed by atoms with Crippen LogP contribution in [0.25, 0.3) is 0 Å². The lowest BCUT2D eigenvalue weighted by molar-refractivity contribution is -0.136. The van der Waals surface area contributed by atoms with Crippen molar-refractivity contribution in [1.82, 2.24) is 0 Å². The van der Waals surface area contributed by atoms with Gasteiger partial charge in [0.25, 0.3) is 0 Å². The van der Waals surface area contributed by atoms with Crippen LogP contribution in [0.5, 0.6) is 0 Å². The molecule has 1 aromatic rings. The summed E-state index contributed by atoms with van der Waals surface area (Å²) in [6.07, 6.45) is 4.34. The summed E-state index contributed by atoms with van der Waals surface area (Å²) in [5, 5.41) is 11.8. The van der Waals surface area contributed by atoms with E-state index in [1.165, 1.54) is 0 Å². The highest BCUT2D eigenvalue weighted by molar-refractivity contribution is 5.95. The van der Waals surface area contributed by atoms with E-state index < -0.39 is 0 Å². The van der Waals surface area contributed by atoms with Crippen molar-refractivity contribution in [3.8, 4) is 6.07 Å². The van der Waals surface area contributed by atoms with Crippen molar-refractivity contribution in [2.75, 3.05) is 5.32 Å². The third-order valence-electron chi connectivity index (χ3n) is 4.68. The van der Waals surface area contributed by atoms with Gasteiger partial charge in [0.05, 0.1) is 11.6 Å². The number of nitrogens with one attached hydrogen (secondary N) is 1. The highest BCUT2D eigenvalue weighted by atomic mass is 16.2. The number of hydrogen-bond donors (Lipinski definition) is 1. The van der Waals surface area contributed by atoms with E-state index in [1.807, 2.05) is 0 Å². The number of benzene rings is 1. The van der Waals surface area contributed by atoms with Gasteiger partial charge in [0.15, 0.2) is 0 Å². The van der Waals surface area contributed by atoms with Crippen LogP contribution in [0, 0.1) is 29.1 Å². The van der Waals surface area contributed by atoms with Crippen LogP contribution in [0.3, 0.4) is 0 Å². The first-order valence-electron chi connectivity index (χ1n) is 7.52. The van der Waals surface area contributed by atoms with Crippen molar-refractivity contribution in [2.45, 2.75) is 32.1 Å². The molecule has 3 rings (SSSR count). The van der Waals surface area contributed by atoms with E-state index in [0.717, 1.165) is 19.3 Å². The Morgan fingerprint density at radius 2 is 1.95 bits per heavy atom. The van der Waals surface area contributed by atoms with Crippen LogP contribution < -0.4 is 5.32 Å². The molecule has 0 heterocycles. The number of Topliss-reactive ketones (excluding diaryl/α,β-unsaturated/α-hetero) is 1. The average Bonchev–Trinajstić information content (AvgIpc) is 2.47. The Morgan fingerprint density at radius 1 is 1.24 bits per heavy atom. The van der Waals surface area contributed by atoms with Gasteiger partial charge in [-0.1, -0.05) is 12.5 Å². The predicted octanol–water partition coefficient (Wildman–Crippen LogP) is 2.89. The zero-order valence-electron chi connectivity index (χ0n) is 11.8. The number of ketones is 1. The molecule has 4 nitrogen and oxygen atoms in total. The zero-order valence-corrected chi connectivity index (χ0v) is 11.8. The molecule has 1 amide bonds. The minimum absolute atomic E-state index is 0.0190. The molecule has 2 aliphatic carbocycles. The lowest BCUT2D eigenvalue weighted by atomic mass is 9.67.